The van der Waals surface area contributed by atoms with Crippen molar-refractivity contribution in [1.29, 1.82) is 0 Å². The summed E-state index contributed by atoms with van der Waals surface area (Å²) in [5, 5.41) is 0. The van der Waals surface area contributed by atoms with Crippen LogP contribution in [0.3, 0.4) is 0 Å². The summed E-state index contributed by atoms with van der Waals surface area (Å²) in [6.45, 7) is 0. The molecule has 3 rings (SSSR count). The van der Waals surface area contributed by atoms with E-state index in [-0.39, 0.29) is 23.2 Å². The van der Waals surface area contributed by atoms with Gasteiger partial charge in [0.05, 0.1) is 11.3 Å². The van der Waals surface area contributed by atoms with Gasteiger partial charge in [0, 0.05) is 23.7 Å². The maximum absolute atomic E-state index is 13.7. The van der Waals surface area contributed by atoms with Crippen LogP contribution in [0.1, 0.15) is 23.5 Å². The zero-order chi connectivity index (χ0) is 15.2. The number of aromatic nitrogens is 1. The van der Waals surface area contributed by atoms with Crippen LogP contribution in [0.4, 0.5) is 17.6 Å². The summed E-state index contributed by atoms with van der Waals surface area (Å²) in [7, 11) is 0. The van der Waals surface area contributed by atoms with Gasteiger partial charge in [0.1, 0.15) is 5.82 Å². The van der Waals surface area contributed by atoms with Crippen molar-refractivity contribution in [2.24, 2.45) is 5.73 Å². The molecule has 0 bridgehead atoms. The molecule has 110 valence electrons. The lowest BCUT2D eigenvalue weighted by atomic mass is 10.1. The maximum atomic E-state index is 13.7. The summed E-state index contributed by atoms with van der Waals surface area (Å²) in [6, 6.07) is 5.68. The average Bonchev–Trinajstić information content (AvgIpc) is 3.15. The molecule has 2 unspecified atom stereocenters. The van der Waals surface area contributed by atoms with Crippen molar-refractivity contribution < 1.29 is 17.6 Å². The molecule has 1 heterocycles. The molecule has 0 radical (unpaired) electrons. The Kier molecular flexibility index (Phi) is 3.20. The number of pyridine rings is 1. The topological polar surface area (TPSA) is 38.9 Å². The molecule has 21 heavy (non-hydrogen) atoms. The molecule has 0 aliphatic heterocycles. The van der Waals surface area contributed by atoms with Gasteiger partial charge in [-0.1, -0.05) is 6.07 Å². The van der Waals surface area contributed by atoms with Crippen LogP contribution in [0.25, 0.3) is 11.3 Å². The number of nitrogens with zero attached hydrogens (tertiary/aromatic N) is 1. The lowest BCUT2D eigenvalue weighted by molar-refractivity contribution is -0.137. The van der Waals surface area contributed by atoms with Gasteiger partial charge in [0.25, 0.3) is 0 Å². The zero-order valence-electron chi connectivity index (χ0n) is 10.9. The van der Waals surface area contributed by atoms with Gasteiger partial charge < -0.3 is 5.73 Å². The van der Waals surface area contributed by atoms with Gasteiger partial charge in [-0.05, 0) is 36.2 Å². The Bertz CT molecular complexity index is 664. The Morgan fingerprint density at radius 3 is 2.38 bits per heavy atom. The molecule has 1 aliphatic carbocycles. The van der Waals surface area contributed by atoms with Crippen molar-refractivity contribution in [1.82, 2.24) is 4.98 Å². The molecule has 1 aromatic carbocycles. The molecule has 1 fully saturated rings. The van der Waals surface area contributed by atoms with E-state index in [1.807, 2.05) is 0 Å². The predicted octanol–water partition coefficient (Wildman–Crippen LogP) is 3.72. The lowest BCUT2D eigenvalue weighted by Crippen LogP contribution is -2.05. The quantitative estimate of drug-likeness (QED) is 0.858. The van der Waals surface area contributed by atoms with Gasteiger partial charge >= 0.3 is 6.18 Å². The normalized spacial score (nSPS) is 21.4. The molecule has 1 saturated carbocycles. The lowest BCUT2D eigenvalue weighted by Gasteiger charge is -2.10. The van der Waals surface area contributed by atoms with Gasteiger partial charge in [-0.15, -0.1) is 0 Å². The minimum Gasteiger partial charge on any atom is -0.327 e. The third kappa shape index (κ3) is 2.76. The number of rotatable bonds is 2. The van der Waals surface area contributed by atoms with E-state index < -0.39 is 17.6 Å². The highest BCUT2D eigenvalue weighted by atomic mass is 19.4. The van der Waals surface area contributed by atoms with E-state index in [9.17, 15) is 17.6 Å². The van der Waals surface area contributed by atoms with Crippen LogP contribution in [0, 0.1) is 5.82 Å². The summed E-state index contributed by atoms with van der Waals surface area (Å²) in [4.78, 5) is 4.07. The van der Waals surface area contributed by atoms with Gasteiger partial charge in [0.2, 0.25) is 0 Å². The summed E-state index contributed by atoms with van der Waals surface area (Å²) >= 11 is 0. The summed E-state index contributed by atoms with van der Waals surface area (Å²) in [5.74, 6) is -0.482. The van der Waals surface area contributed by atoms with E-state index >= 15 is 0 Å². The van der Waals surface area contributed by atoms with Crippen LogP contribution in [-0.2, 0) is 6.18 Å². The summed E-state index contributed by atoms with van der Waals surface area (Å²) < 4.78 is 51.8. The van der Waals surface area contributed by atoms with Crippen LogP contribution >= 0.6 is 0 Å². The maximum Gasteiger partial charge on any atom is 0.416 e. The Balaban J connectivity index is 1.96. The van der Waals surface area contributed by atoms with E-state index in [0.717, 1.165) is 30.2 Å². The van der Waals surface area contributed by atoms with Crippen molar-refractivity contribution in [3.63, 3.8) is 0 Å². The smallest absolute Gasteiger partial charge is 0.327 e. The fourth-order valence-electron chi connectivity index (χ4n) is 2.28. The largest absolute Gasteiger partial charge is 0.416 e. The molecule has 2 atom stereocenters. The molecule has 2 nitrogen and oxygen atoms in total. The van der Waals surface area contributed by atoms with Crippen molar-refractivity contribution in [2.45, 2.75) is 24.6 Å². The second-order valence-corrected chi connectivity index (χ2v) is 5.18. The number of hydrogen-bond donors (Lipinski definition) is 1. The van der Waals surface area contributed by atoms with Gasteiger partial charge in [-0.25, -0.2) is 4.39 Å². The number of hydrogen-bond acceptors (Lipinski definition) is 2. The van der Waals surface area contributed by atoms with Crippen LogP contribution in [0.2, 0.25) is 0 Å². The fraction of sp³-hybridized carbons (Fsp3) is 0.267. The van der Waals surface area contributed by atoms with E-state index in [1.165, 1.54) is 6.07 Å². The standard InChI is InChI=1S/C15H12F4N2/c16-12-3-2-9(15(17,18)19)5-11(12)14-4-1-8(7-21-14)10-6-13(10)20/h1-5,7,10,13H,6,20H2. The predicted molar refractivity (Wildman–Crippen MR) is 70.0 cm³/mol. The number of alkyl halides is 3. The molecular weight excluding hydrogens is 284 g/mol. The number of nitrogens with two attached hydrogens (primary N) is 1. The zero-order valence-corrected chi connectivity index (χ0v) is 10.9. The van der Waals surface area contributed by atoms with Crippen LogP contribution in [0.15, 0.2) is 36.5 Å². The van der Waals surface area contributed by atoms with Crippen molar-refractivity contribution in [3.05, 3.63) is 53.5 Å². The molecule has 0 saturated heterocycles. The minimum atomic E-state index is -4.51. The van der Waals surface area contributed by atoms with E-state index in [2.05, 4.69) is 4.98 Å². The summed E-state index contributed by atoms with van der Waals surface area (Å²) in [6.07, 6.45) is -2.09. The molecule has 0 amide bonds. The highest BCUT2D eigenvalue weighted by Crippen LogP contribution is 2.39. The van der Waals surface area contributed by atoms with Crippen molar-refractivity contribution in [2.75, 3.05) is 0 Å². The van der Waals surface area contributed by atoms with Gasteiger partial charge in [0.15, 0.2) is 0 Å². The van der Waals surface area contributed by atoms with Crippen LogP contribution in [-0.4, -0.2) is 11.0 Å². The van der Waals surface area contributed by atoms with Crippen LogP contribution in [0.5, 0.6) is 0 Å². The summed E-state index contributed by atoms with van der Waals surface area (Å²) in [5.41, 5.74) is 5.78. The minimum absolute atomic E-state index is 0.114. The first-order valence-corrected chi connectivity index (χ1v) is 6.45. The second-order valence-electron chi connectivity index (χ2n) is 5.18. The molecule has 0 spiro atoms. The molecule has 1 aromatic heterocycles. The van der Waals surface area contributed by atoms with Crippen molar-refractivity contribution >= 4 is 0 Å². The molecule has 2 N–H and O–H groups in total. The molecule has 6 heteroatoms. The number of halogens is 4. The molecule has 1 aliphatic rings. The Labute approximate surface area is 118 Å². The first-order chi connectivity index (χ1) is 9.86. The third-order valence-corrected chi connectivity index (χ3v) is 3.62. The molecule has 2 aromatic rings. The van der Waals surface area contributed by atoms with Crippen LogP contribution < -0.4 is 5.73 Å². The van der Waals surface area contributed by atoms with E-state index in [4.69, 9.17) is 5.73 Å². The average molecular weight is 296 g/mol. The van der Waals surface area contributed by atoms with Crippen molar-refractivity contribution in [3.8, 4) is 11.3 Å². The first kappa shape index (κ1) is 14.0. The Morgan fingerprint density at radius 2 is 1.86 bits per heavy atom. The van der Waals surface area contributed by atoms with E-state index in [0.29, 0.717) is 0 Å². The first-order valence-electron chi connectivity index (χ1n) is 6.45. The number of benzene rings is 1. The highest BCUT2D eigenvalue weighted by Gasteiger charge is 2.35. The van der Waals surface area contributed by atoms with Gasteiger partial charge in [-0.2, -0.15) is 13.2 Å². The highest BCUT2D eigenvalue weighted by molar-refractivity contribution is 5.61. The second kappa shape index (κ2) is 4.80. The molecular formula is C15H12F4N2. The van der Waals surface area contributed by atoms with E-state index in [1.54, 1.807) is 12.3 Å². The SMILES string of the molecule is NC1CC1c1ccc(-c2cc(C(F)(F)F)ccc2F)nc1. The monoisotopic (exact) mass is 296 g/mol. The Morgan fingerprint density at radius 1 is 1.14 bits per heavy atom. The fourth-order valence-corrected chi connectivity index (χ4v) is 2.28. The Hall–Kier alpha value is -1.95. The van der Waals surface area contributed by atoms with Gasteiger partial charge in [-0.3, -0.25) is 4.98 Å². The third-order valence-electron chi connectivity index (χ3n) is 3.62.